The fourth-order valence-electron chi connectivity index (χ4n) is 5.13. The minimum absolute atomic E-state index is 0.0230. The fourth-order valence-corrected chi connectivity index (χ4v) is 5.13. The number of carbonyl (C=O) groups excluding carboxylic acids is 3. The topological polar surface area (TPSA) is 79.0 Å². The number of rotatable bonds is 8. The number of ether oxygens (including phenoxy) is 1. The summed E-state index contributed by atoms with van der Waals surface area (Å²) in [5.74, 6) is -0.170. The number of para-hydroxylation sites is 1. The molecule has 1 aromatic carbocycles. The maximum absolute atomic E-state index is 13.2. The van der Waals surface area contributed by atoms with E-state index >= 15 is 0 Å². The molecule has 4 rings (SSSR count). The summed E-state index contributed by atoms with van der Waals surface area (Å²) in [7, 11) is 0. The quantitative estimate of drug-likeness (QED) is 0.646. The molecule has 1 atom stereocenters. The molecule has 7 heteroatoms. The maximum Gasteiger partial charge on any atom is 0.257 e. The second-order valence-corrected chi connectivity index (χ2v) is 9.00. The number of anilines is 1. The monoisotopic (exact) mass is 427 g/mol. The lowest BCUT2D eigenvalue weighted by atomic mass is 9.98. The van der Waals surface area contributed by atoms with Gasteiger partial charge in [0.25, 0.3) is 5.91 Å². The molecule has 1 saturated heterocycles. The van der Waals surface area contributed by atoms with Crippen LogP contribution in [0.5, 0.6) is 0 Å². The molecule has 3 aliphatic rings. The molecule has 1 unspecified atom stereocenters. The number of amides is 3. The zero-order valence-electron chi connectivity index (χ0n) is 18.4. The third kappa shape index (κ3) is 4.47. The zero-order valence-corrected chi connectivity index (χ0v) is 18.4. The minimum atomic E-state index is -0.712. The average Bonchev–Trinajstić information content (AvgIpc) is 3.09. The van der Waals surface area contributed by atoms with Gasteiger partial charge in [-0.25, -0.2) is 0 Å². The first-order valence-corrected chi connectivity index (χ1v) is 11.6. The van der Waals surface area contributed by atoms with Crippen molar-refractivity contribution >= 4 is 23.4 Å². The van der Waals surface area contributed by atoms with Crippen molar-refractivity contribution in [2.45, 2.75) is 76.5 Å². The van der Waals surface area contributed by atoms with Crippen LogP contribution in [0.3, 0.4) is 0 Å². The molecule has 2 aliphatic heterocycles. The smallest absolute Gasteiger partial charge is 0.257 e. The van der Waals surface area contributed by atoms with Crippen molar-refractivity contribution in [1.29, 1.82) is 0 Å². The van der Waals surface area contributed by atoms with Gasteiger partial charge in [0.15, 0.2) is 0 Å². The van der Waals surface area contributed by atoms with Crippen molar-refractivity contribution in [3.8, 4) is 0 Å². The first kappa shape index (κ1) is 21.8. The van der Waals surface area contributed by atoms with Crippen LogP contribution in [0.1, 0.15) is 75.1 Å². The van der Waals surface area contributed by atoms with Crippen molar-refractivity contribution in [1.82, 2.24) is 10.2 Å². The van der Waals surface area contributed by atoms with Crippen molar-refractivity contribution in [3.05, 3.63) is 29.8 Å². The summed E-state index contributed by atoms with van der Waals surface area (Å²) in [4.78, 5) is 41.6. The standard InChI is InChI=1S/C24H33N3O4/c1-24-14-12-22(29)27(24)20-11-6-5-10-19(20)23(30)26(24)16-13-21(28)25-15-7-17-31-18-8-3-2-4-9-18/h5-6,10-11,18H,2-4,7-9,12-17H2,1H3,(H,25,28). The molecule has 31 heavy (non-hydrogen) atoms. The van der Waals surface area contributed by atoms with E-state index < -0.39 is 5.66 Å². The van der Waals surface area contributed by atoms with Crippen molar-refractivity contribution in [2.75, 3.05) is 24.6 Å². The van der Waals surface area contributed by atoms with E-state index in [-0.39, 0.29) is 30.7 Å². The first-order valence-electron chi connectivity index (χ1n) is 11.6. The van der Waals surface area contributed by atoms with Gasteiger partial charge in [0.1, 0.15) is 5.66 Å². The van der Waals surface area contributed by atoms with Crippen LogP contribution in [0.2, 0.25) is 0 Å². The molecule has 168 valence electrons. The Balaban J connectivity index is 1.28. The van der Waals surface area contributed by atoms with Crippen LogP contribution in [0.25, 0.3) is 0 Å². The number of hydrogen-bond donors (Lipinski definition) is 1. The van der Waals surface area contributed by atoms with E-state index in [0.29, 0.717) is 43.3 Å². The highest BCUT2D eigenvalue weighted by molar-refractivity contribution is 6.10. The van der Waals surface area contributed by atoms with Crippen LogP contribution >= 0.6 is 0 Å². The van der Waals surface area contributed by atoms with Gasteiger partial charge in [0.05, 0.1) is 17.4 Å². The predicted molar refractivity (Wildman–Crippen MR) is 118 cm³/mol. The summed E-state index contributed by atoms with van der Waals surface area (Å²) in [6.07, 6.45) is 8.49. The van der Waals surface area contributed by atoms with Crippen LogP contribution in [0, 0.1) is 0 Å². The summed E-state index contributed by atoms with van der Waals surface area (Å²) in [5.41, 5.74) is 0.489. The van der Waals surface area contributed by atoms with E-state index in [1.54, 1.807) is 21.9 Å². The van der Waals surface area contributed by atoms with Gasteiger partial charge in [0, 0.05) is 32.5 Å². The summed E-state index contributed by atoms with van der Waals surface area (Å²) in [6.45, 7) is 3.45. The van der Waals surface area contributed by atoms with Crippen LogP contribution in [0.15, 0.2) is 24.3 Å². The van der Waals surface area contributed by atoms with Crippen LogP contribution < -0.4 is 10.2 Å². The molecular weight excluding hydrogens is 394 g/mol. The Hall–Kier alpha value is -2.41. The molecule has 1 N–H and O–H groups in total. The van der Waals surface area contributed by atoms with E-state index in [1.807, 2.05) is 19.1 Å². The van der Waals surface area contributed by atoms with Gasteiger partial charge in [-0.1, -0.05) is 31.4 Å². The van der Waals surface area contributed by atoms with Gasteiger partial charge in [-0.3, -0.25) is 19.3 Å². The molecule has 0 radical (unpaired) electrons. The van der Waals surface area contributed by atoms with E-state index in [2.05, 4.69) is 5.32 Å². The Bertz CT molecular complexity index is 836. The Labute approximate surface area is 184 Å². The van der Waals surface area contributed by atoms with Crippen molar-refractivity contribution < 1.29 is 19.1 Å². The summed E-state index contributed by atoms with van der Waals surface area (Å²) >= 11 is 0. The largest absolute Gasteiger partial charge is 0.378 e. The molecule has 1 saturated carbocycles. The Morgan fingerprint density at radius 1 is 1.19 bits per heavy atom. The normalized spacial score (nSPS) is 23.6. The molecule has 0 aromatic heterocycles. The third-order valence-corrected chi connectivity index (χ3v) is 6.86. The molecule has 1 aromatic rings. The van der Waals surface area contributed by atoms with Gasteiger partial charge in [-0.2, -0.15) is 0 Å². The van der Waals surface area contributed by atoms with Gasteiger partial charge in [0.2, 0.25) is 11.8 Å². The van der Waals surface area contributed by atoms with Crippen LogP contribution in [0.4, 0.5) is 5.69 Å². The highest BCUT2D eigenvalue weighted by Crippen LogP contribution is 2.43. The van der Waals surface area contributed by atoms with E-state index in [0.717, 1.165) is 19.3 Å². The minimum Gasteiger partial charge on any atom is -0.378 e. The number of hydrogen-bond acceptors (Lipinski definition) is 4. The fraction of sp³-hybridized carbons (Fsp3) is 0.625. The van der Waals surface area contributed by atoms with Gasteiger partial charge < -0.3 is 15.0 Å². The van der Waals surface area contributed by atoms with E-state index in [9.17, 15) is 14.4 Å². The second kappa shape index (κ2) is 9.39. The second-order valence-electron chi connectivity index (χ2n) is 9.00. The predicted octanol–water partition coefficient (Wildman–Crippen LogP) is 3.23. The maximum atomic E-state index is 13.2. The molecule has 7 nitrogen and oxygen atoms in total. The van der Waals surface area contributed by atoms with Gasteiger partial charge in [-0.05, 0) is 44.7 Å². The number of nitrogens with zero attached hydrogens (tertiary/aromatic N) is 2. The lowest BCUT2D eigenvalue weighted by Gasteiger charge is -2.48. The Kier molecular flexibility index (Phi) is 6.60. The average molecular weight is 428 g/mol. The summed E-state index contributed by atoms with van der Waals surface area (Å²) < 4.78 is 5.90. The molecule has 2 heterocycles. The zero-order chi connectivity index (χ0) is 21.8. The molecule has 3 amide bonds. The first-order chi connectivity index (χ1) is 15.0. The van der Waals surface area contributed by atoms with Gasteiger partial charge in [-0.15, -0.1) is 0 Å². The number of benzene rings is 1. The molecule has 0 spiro atoms. The lowest BCUT2D eigenvalue weighted by Crippen LogP contribution is -2.62. The van der Waals surface area contributed by atoms with Crippen molar-refractivity contribution in [2.24, 2.45) is 0 Å². The Morgan fingerprint density at radius 3 is 2.77 bits per heavy atom. The number of fused-ring (bicyclic) bond motifs is 3. The lowest BCUT2D eigenvalue weighted by molar-refractivity contribution is -0.121. The highest BCUT2D eigenvalue weighted by atomic mass is 16.5. The summed E-state index contributed by atoms with van der Waals surface area (Å²) in [6, 6.07) is 7.23. The third-order valence-electron chi connectivity index (χ3n) is 6.86. The molecular formula is C24H33N3O4. The van der Waals surface area contributed by atoms with Crippen LogP contribution in [-0.4, -0.2) is 54.1 Å². The summed E-state index contributed by atoms with van der Waals surface area (Å²) in [5, 5.41) is 2.94. The van der Waals surface area contributed by atoms with E-state index in [1.165, 1.54) is 19.3 Å². The number of nitrogens with one attached hydrogen (secondary N) is 1. The van der Waals surface area contributed by atoms with Crippen molar-refractivity contribution in [3.63, 3.8) is 0 Å². The van der Waals surface area contributed by atoms with Crippen LogP contribution in [-0.2, 0) is 14.3 Å². The van der Waals surface area contributed by atoms with Gasteiger partial charge >= 0.3 is 0 Å². The number of carbonyl (C=O) groups is 3. The SMILES string of the molecule is CC12CCC(=O)N1c1ccccc1C(=O)N2CCC(=O)NCCCOC1CCCCC1. The molecule has 2 fully saturated rings. The Morgan fingerprint density at radius 2 is 1.97 bits per heavy atom. The molecule has 1 aliphatic carbocycles. The highest BCUT2D eigenvalue weighted by Gasteiger charge is 2.52. The van der Waals surface area contributed by atoms with E-state index in [4.69, 9.17) is 4.74 Å². The molecule has 0 bridgehead atoms.